The zero-order valence-electron chi connectivity index (χ0n) is 12.5. The van der Waals surface area contributed by atoms with Crippen molar-refractivity contribution in [1.82, 2.24) is 9.47 Å². The van der Waals surface area contributed by atoms with Crippen LogP contribution in [0.15, 0.2) is 30.3 Å². The van der Waals surface area contributed by atoms with E-state index in [4.69, 9.17) is 5.73 Å². The van der Waals surface area contributed by atoms with Crippen molar-refractivity contribution in [2.75, 3.05) is 26.4 Å². The van der Waals surface area contributed by atoms with Crippen LogP contribution in [0.3, 0.4) is 0 Å². The first-order chi connectivity index (χ1) is 9.40. The summed E-state index contributed by atoms with van der Waals surface area (Å²) in [4.78, 5) is 14.1. The SMILES string of the molecule is Cc1cc(C(=O)CN(C)C)c(C)n1-c1ccc(N)cc1. The van der Waals surface area contributed by atoms with Crippen molar-refractivity contribution >= 4 is 11.5 Å². The maximum atomic E-state index is 12.3. The molecule has 2 N–H and O–H groups in total. The average Bonchev–Trinajstić information content (AvgIpc) is 2.66. The minimum atomic E-state index is 0.143. The standard InChI is InChI=1S/C16H21N3O/c1-11-9-15(16(20)10-18(3)4)12(2)19(11)14-7-5-13(17)6-8-14/h5-9H,10,17H2,1-4H3. The number of likely N-dealkylation sites (N-methyl/N-ethyl adjacent to an activating group) is 1. The van der Waals surface area contributed by atoms with Crippen LogP contribution in [-0.2, 0) is 0 Å². The van der Waals surface area contributed by atoms with Gasteiger partial charge in [-0.05, 0) is 58.3 Å². The van der Waals surface area contributed by atoms with Crippen molar-refractivity contribution in [1.29, 1.82) is 0 Å². The smallest absolute Gasteiger partial charge is 0.178 e. The molecule has 0 fully saturated rings. The van der Waals surface area contributed by atoms with Gasteiger partial charge in [0.15, 0.2) is 5.78 Å². The Morgan fingerprint density at radius 3 is 2.35 bits per heavy atom. The number of Topliss-reactive ketones (excluding diaryl/α,β-unsaturated/α-hetero) is 1. The topological polar surface area (TPSA) is 51.3 Å². The molecule has 0 unspecified atom stereocenters. The molecule has 2 rings (SSSR count). The van der Waals surface area contributed by atoms with Gasteiger partial charge in [0.05, 0.1) is 6.54 Å². The lowest BCUT2D eigenvalue weighted by atomic mass is 10.1. The second-order valence-electron chi connectivity index (χ2n) is 5.37. The molecule has 0 atom stereocenters. The van der Waals surface area contributed by atoms with Crippen LogP contribution in [0.4, 0.5) is 5.69 Å². The zero-order valence-corrected chi connectivity index (χ0v) is 12.5. The van der Waals surface area contributed by atoms with Gasteiger partial charge < -0.3 is 15.2 Å². The van der Waals surface area contributed by atoms with Crippen LogP contribution < -0.4 is 5.73 Å². The predicted molar refractivity (Wildman–Crippen MR) is 82.5 cm³/mol. The second-order valence-corrected chi connectivity index (χ2v) is 5.37. The van der Waals surface area contributed by atoms with Gasteiger partial charge in [-0.1, -0.05) is 0 Å². The number of rotatable bonds is 4. The highest BCUT2D eigenvalue weighted by Crippen LogP contribution is 2.22. The molecule has 1 aromatic carbocycles. The molecule has 0 saturated carbocycles. The van der Waals surface area contributed by atoms with Gasteiger partial charge in [-0.15, -0.1) is 0 Å². The summed E-state index contributed by atoms with van der Waals surface area (Å²) in [5.74, 6) is 0.143. The van der Waals surface area contributed by atoms with Crippen LogP contribution >= 0.6 is 0 Å². The minimum Gasteiger partial charge on any atom is -0.399 e. The van der Waals surface area contributed by atoms with Gasteiger partial charge in [0, 0.05) is 28.3 Å². The fraction of sp³-hybridized carbons (Fsp3) is 0.312. The molecule has 106 valence electrons. The molecule has 1 aromatic heterocycles. The number of nitrogen functional groups attached to an aromatic ring is 1. The van der Waals surface area contributed by atoms with Gasteiger partial charge in [-0.2, -0.15) is 0 Å². The first kappa shape index (κ1) is 14.3. The van der Waals surface area contributed by atoms with Crippen molar-refractivity contribution < 1.29 is 4.79 Å². The molecule has 0 aliphatic rings. The third-order valence-electron chi connectivity index (χ3n) is 3.34. The van der Waals surface area contributed by atoms with Gasteiger partial charge in [0.2, 0.25) is 0 Å². The molecule has 0 spiro atoms. The molecule has 0 aliphatic carbocycles. The minimum absolute atomic E-state index is 0.143. The summed E-state index contributed by atoms with van der Waals surface area (Å²) < 4.78 is 2.09. The summed E-state index contributed by atoms with van der Waals surface area (Å²) in [7, 11) is 3.80. The third kappa shape index (κ3) is 2.75. The fourth-order valence-corrected chi connectivity index (χ4v) is 2.44. The fourth-order valence-electron chi connectivity index (χ4n) is 2.44. The molecular weight excluding hydrogens is 250 g/mol. The van der Waals surface area contributed by atoms with E-state index in [9.17, 15) is 4.79 Å². The monoisotopic (exact) mass is 271 g/mol. The molecule has 0 saturated heterocycles. The molecule has 2 aromatic rings. The Kier molecular flexibility index (Phi) is 3.95. The number of ketones is 1. The molecule has 4 nitrogen and oxygen atoms in total. The Hall–Kier alpha value is -2.07. The van der Waals surface area contributed by atoms with E-state index in [1.54, 1.807) is 0 Å². The highest BCUT2D eigenvalue weighted by Gasteiger charge is 2.16. The number of anilines is 1. The number of hydrogen-bond acceptors (Lipinski definition) is 3. The maximum absolute atomic E-state index is 12.3. The van der Waals surface area contributed by atoms with Crippen molar-refractivity contribution in [2.24, 2.45) is 0 Å². The molecule has 0 amide bonds. The van der Waals surface area contributed by atoms with E-state index in [-0.39, 0.29) is 5.78 Å². The van der Waals surface area contributed by atoms with E-state index in [0.717, 1.165) is 28.3 Å². The summed E-state index contributed by atoms with van der Waals surface area (Å²) in [6.45, 7) is 4.41. The van der Waals surface area contributed by atoms with Crippen molar-refractivity contribution in [3.05, 3.63) is 47.3 Å². The van der Waals surface area contributed by atoms with E-state index in [2.05, 4.69) is 4.57 Å². The maximum Gasteiger partial charge on any atom is 0.178 e. The van der Waals surface area contributed by atoms with E-state index in [1.807, 2.05) is 63.2 Å². The average molecular weight is 271 g/mol. The summed E-state index contributed by atoms with van der Waals surface area (Å²) >= 11 is 0. The Labute approximate surface area is 119 Å². The van der Waals surface area contributed by atoms with Crippen molar-refractivity contribution in [3.8, 4) is 5.69 Å². The van der Waals surface area contributed by atoms with E-state index in [0.29, 0.717) is 6.54 Å². The highest BCUT2D eigenvalue weighted by molar-refractivity contribution is 5.99. The molecule has 20 heavy (non-hydrogen) atoms. The van der Waals surface area contributed by atoms with E-state index < -0.39 is 0 Å². The largest absolute Gasteiger partial charge is 0.399 e. The number of aryl methyl sites for hydroxylation is 1. The number of nitrogens with zero attached hydrogens (tertiary/aromatic N) is 2. The predicted octanol–water partition coefficient (Wildman–Crippen LogP) is 2.42. The number of benzene rings is 1. The molecule has 1 heterocycles. The van der Waals surface area contributed by atoms with Crippen LogP contribution in [0.5, 0.6) is 0 Å². The summed E-state index contributed by atoms with van der Waals surface area (Å²) in [5.41, 5.74) is 10.3. The molecule has 0 bridgehead atoms. The lowest BCUT2D eigenvalue weighted by Gasteiger charge is -2.11. The molecule has 0 radical (unpaired) electrons. The number of carbonyl (C=O) groups is 1. The Balaban J connectivity index is 2.43. The van der Waals surface area contributed by atoms with Crippen LogP contribution in [0.25, 0.3) is 5.69 Å². The lowest BCUT2D eigenvalue weighted by molar-refractivity contribution is 0.0957. The van der Waals surface area contributed by atoms with Crippen LogP contribution in [0, 0.1) is 13.8 Å². The van der Waals surface area contributed by atoms with Gasteiger partial charge in [-0.3, -0.25) is 4.79 Å². The highest BCUT2D eigenvalue weighted by atomic mass is 16.1. The van der Waals surface area contributed by atoms with Crippen LogP contribution in [0.2, 0.25) is 0 Å². The lowest BCUT2D eigenvalue weighted by Crippen LogP contribution is -2.22. The first-order valence-electron chi connectivity index (χ1n) is 6.63. The van der Waals surface area contributed by atoms with Crippen molar-refractivity contribution in [2.45, 2.75) is 13.8 Å². The Bertz CT molecular complexity index is 624. The van der Waals surface area contributed by atoms with Crippen LogP contribution in [-0.4, -0.2) is 35.9 Å². The summed E-state index contributed by atoms with van der Waals surface area (Å²) in [5, 5.41) is 0. The Morgan fingerprint density at radius 2 is 1.80 bits per heavy atom. The number of nitrogens with two attached hydrogens (primary N) is 1. The van der Waals surface area contributed by atoms with Gasteiger partial charge in [-0.25, -0.2) is 0 Å². The molecule has 4 heteroatoms. The van der Waals surface area contributed by atoms with E-state index >= 15 is 0 Å². The van der Waals surface area contributed by atoms with Crippen LogP contribution in [0.1, 0.15) is 21.7 Å². The summed E-state index contributed by atoms with van der Waals surface area (Å²) in [6, 6.07) is 9.63. The van der Waals surface area contributed by atoms with Gasteiger partial charge >= 0.3 is 0 Å². The van der Waals surface area contributed by atoms with Gasteiger partial charge in [0.1, 0.15) is 0 Å². The van der Waals surface area contributed by atoms with Crippen molar-refractivity contribution in [3.63, 3.8) is 0 Å². The number of carbonyl (C=O) groups excluding carboxylic acids is 1. The zero-order chi connectivity index (χ0) is 14.9. The Morgan fingerprint density at radius 1 is 1.20 bits per heavy atom. The quantitative estimate of drug-likeness (QED) is 0.686. The normalized spacial score (nSPS) is 11.1. The first-order valence-corrected chi connectivity index (χ1v) is 6.63. The third-order valence-corrected chi connectivity index (χ3v) is 3.34. The summed E-state index contributed by atoms with van der Waals surface area (Å²) in [6.07, 6.45) is 0. The second kappa shape index (κ2) is 5.51. The number of hydrogen-bond donors (Lipinski definition) is 1. The molecule has 0 aliphatic heterocycles. The molecular formula is C16H21N3O. The van der Waals surface area contributed by atoms with Gasteiger partial charge in [0.25, 0.3) is 0 Å². The number of aromatic nitrogens is 1. The van der Waals surface area contributed by atoms with E-state index in [1.165, 1.54) is 0 Å².